The van der Waals surface area contributed by atoms with Crippen LogP contribution in [0.2, 0.25) is 0 Å². The first-order valence-electron chi connectivity index (χ1n) is 8.22. The molecule has 128 valence electrons. The van der Waals surface area contributed by atoms with E-state index in [9.17, 15) is 13.9 Å². The highest BCUT2D eigenvalue weighted by Crippen LogP contribution is 2.37. The molecule has 0 unspecified atom stereocenters. The van der Waals surface area contributed by atoms with Gasteiger partial charge >= 0.3 is 0 Å². The highest BCUT2D eigenvalue weighted by Gasteiger charge is 2.21. The minimum Gasteiger partial charge on any atom is -0.490 e. The molecule has 0 bridgehead atoms. The molecule has 0 spiro atoms. The Morgan fingerprint density at radius 3 is 2.38 bits per heavy atom. The fourth-order valence-electron chi connectivity index (χ4n) is 2.75. The Labute approximate surface area is 138 Å². The lowest BCUT2D eigenvalue weighted by Gasteiger charge is -2.08. The van der Waals surface area contributed by atoms with Gasteiger partial charge in [-0.25, -0.2) is 4.39 Å². The number of furan rings is 1. The molecular weight excluding hydrogens is 314 g/mol. The van der Waals surface area contributed by atoms with Crippen LogP contribution in [0.3, 0.4) is 0 Å². The molecule has 0 amide bonds. The van der Waals surface area contributed by atoms with Gasteiger partial charge in [0, 0.05) is 16.3 Å². The maximum absolute atomic E-state index is 14.6. The Hall–Kier alpha value is -2.14. The molecule has 5 heteroatoms. The minimum atomic E-state index is -0.916. The zero-order valence-corrected chi connectivity index (χ0v) is 13.7. The molecule has 0 aliphatic heterocycles. The van der Waals surface area contributed by atoms with Gasteiger partial charge in [-0.1, -0.05) is 26.3 Å². The lowest BCUT2D eigenvalue weighted by atomic mass is 10.0. The van der Waals surface area contributed by atoms with Crippen molar-refractivity contribution >= 4 is 21.9 Å². The molecule has 1 aromatic heterocycles. The average molecular weight is 334 g/mol. The summed E-state index contributed by atoms with van der Waals surface area (Å²) in [6.07, 6.45) is 1.24. The maximum Gasteiger partial charge on any atom is 0.208 e. The summed E-state index contributed by atoms with van der Waals surface area (Å²) in [5.41, 5.74) is 0.0875. The predicted molar refractivity (Wildman–Crippen MR) is 89.3 cm³/mol. The zero-order valence-electron chi connectivity index (χ0n) is 13.7. The molecule has 1 atom stereocenters. The van der Waals surface area contributed by atoms with Crippen molar-refractivity contribution < 1.29 is 23.0 Å². The molecule has 0 aliphatic rings. The van der Waals surface area contributed by atoms with Gasteiger partial charge in [0.25, 0.3) is 0 Å². The second-order valence-electron chi connectivity index (χ2n) is 5.83. The van der Waals surface area contributed by atoms with Gasteiger partial charge in [-0.3, -0.25) is 0 Å². The van der Waals surface area contributed by atoms with Gasteiger partial charge in [0.15, 0.2) is 22.7 Å². The number of unbranched alkanes of at least 4 members (excludes halogenated alkanes) is 1. The predicted octanol–water partition coefficient (Wildman–Crippen LogP) is 5.49. The Kier molecular flexibility index (Phi) is 4.71. The van der Waals surface area contributed by atoms with Crippen molar-refractivity contribution in [1.29, 1.82) is 0 Å². The van der Waals surface area contributed by atoms with E-state index in [0.717, 1.165) is 12.8 Å². The van der Waals surface area contributed by atoms with Gasteiger partial charge in [-0.15, -0.1) is 0 Å². The summed E-state index contributed by atoms with van der Waals surface area (Å²) in [5.74, 6) is -1.17. The zero-order chi connectivity index (χ0) is 17.3. The SMILES string of the molecule is CCCCOc1ccc2c(oc3c(F)c([C@@H](O)CC)ccc32)c1F. The summed E-state index contributed by atoms with van der Waals surface area (Å²) in [4.78, 5) is 0. The summed E-state index contributed by atoms with van der Waals surface area (Å²) < 4.78 is 40.1. The molecule has 0 aliphatic carbocycles. The van der Waals surface area contributed by atoms with Crippen molar-refractivity contribution in [3.8, 4) is 5.75 Å². The number of benzene rings is 2. The van der Waals surface area contributed by atoms with Crippen LogP contribution in [0.4, 0.5) is 8.78 Å². The van der Waals surface area contributed by atoms with Crippen LogP contribution in [0.25, 0.3) is 21.9 Å². The normalized spacial score (nSPS) is 12.9. The summed E-state index contributed by atoms with van der Waals surface area (Å²) in [6.45, 7) is 4.19. The van der Waals surface area contributed by atoms with E-state index in [0.29, 0.717) is 23.8 Å². The number of hydrogen-bond donors (Lipinski definition) is 1. The Morgan fingerprint density at radius 1 is 1.04 bits per heavy atom. The van der Waals surface area contributed by atoms with E-state index >= 15 is 0 Å². The van der Waals surface area contributed by atoms with Gasteiger partial charge in [0.05, 0.1) is 12.7 Å². The van der Waals surface area contributed by atoms with Gasteiger partial charge in [0.2, 0.25) is 5.82 Å². The van der Waals surface area contributed by atoms with E-state index in [1.54, 1.807) is 19.1 Å². The quantitative estimate of drug-likeness (QED) is 0.606. The topological polar surface area (TPSA) is 42.6 Å². The van der Waals surface area contributed by atoms with Gasteiger partial charge in [0.1, 0.15) is 0 Å². The van der Waals surface area contributed by atoms with E-state index in [1.165, 1.54) is 12.1 Å². The lowest BCUT2D eigenvalue weighted by Crippen LogP contribution is -1.98. The highest BCUT2D eigenvalue weighted by atomic mass is 19.1. The molecule has 1 heterocycles. The number of aliphatic hydroxyl groups excluding tert-OH is 1. The Bertz CT molecular complexity index is 870. The molecule has 3 aromatic rings. The van der Waals surface area contributed by atoms with Gasteiger partial charge in [-0.05, 0) is 31.0 Å². The van der Waals surface area contributed by atoms with Crippen molar-refractivity contribution in [3.63, 3.8) is 0 Å². The summed E-state index contributed by atoms with van der Waals surface area (Å²) in [7, 11) is 0. The first-order valence-corrected chi connectivity index (χ1v) is 8.22. The largest absolute Gasteiger partial charge is 0.490 e. The van der Waals surface area contributed by atoms with Crippen molar-refractivity contribution in [2.75, 3.05) is 6.61 Å². The third-order valence-electron chi connectivity index (χ3n) is 4.18. The smallest absolute Gasteiger partial charge is 0.208 e. The molecule has 0 radical (unpaired) electrons. The first-order chi connectivity index (χ1) is 11.6. The second-order valence-corrected chi connectivity index (χ2v) is 5.83. The van der Waals surface area contributed by atoms with E-state index in [-0.39, 0.29) is 22.5 Å². The minimum absolute atomic E-state index is 0.0268. The number of halogens is 2. The Balaban J connectivity index is 2.12. The molecule has 0 fully saturated rings. The van der Waals surface area contributed by atoms with E-state index in [4.69, 9.17) is 9.15 Å². The van der Waals surface area contributed by atoms with Crippen molar-refractivity contribution in [3.05, 3.63) is 41.5 Å². The van der Waals surface area contributed by atoms with Crippen LogP contribution in [0, 0.1) is 11.6 Å². The molecule has 3 nitrogen and oxygen atoms in total. The standard InChI is InChI=1S/C19H20F2O3/c1-3-5-10-23-15-9-8-12-11-6-7-13(14(22)4-2)16(20)18(11)24-19(12)17(15)21/h6-9,14,22H,3-5,10H2,1-2H3/t14-/m0/s1. The van der Waals surface area contributed by atoms with Crippen LogP contribution in [-0.2, 0) is 0 Å². The number of fused-ring (bicyclic) bond motifs is 3. The number of aliphatic hydroxyl groups is 1. The molecule has 0 saturated heterocycles. The third-order valence-corrected chi connectivity index (χ3v) is 4.18. The van der Waals surface area contributed by atoms with E-state index < -0.39 is 17.7 Å². The molecule has 2 aromatic carbocycles. The van der Waals surface area contributed by atoms with Gasteiger partial charge < -0.3 is 14.3 Å². The lowest BCUT2D eigenvalue weighted by molar-refractivity contribution is 0.169. The van der Waals surface area contributed by atoms with Crippen molar-refractivity contribution in [1.82, 2.24) is 0 Å². The van der Waals surface area contributed by atoms with Crippen LogP contribution in [-0.4, -0.2) is 11.7 Å². The number of rotatable bonds is 6. The second kappa shape index (κ2) is 6.77. The summed E-state index contributed by atoms with van der Waals surface area (Å²) in [6, 6.07) is 6.37. The van der Waals surface area contributed by atoms with E-state index in [2.05, 4.69) is 0 Å². The van der Waals surface area contributed by atoms with Crippen LogP contribution in [0.1, 0.15) is 44.8 Å². The van der Waals surface area contributed by atoms with Crippen molar-refractivity contribution in [2.45, 2.75) is 39.2 Å². The number of hydrogen-bond acceptors (Lipinski definition) is 3. The number of ether oxygens (including phenoxy) is 1. The fourth-order valence-corrected chi connectivity index (χ4v) is 2.75. The third kappa shape index (κ3) is 2.73. The Morgan fingerprint density at radius 2 is 1.71 bits per heavy atom. The summed E-state index contributed by atoms with van der Waals surface area (Å²) in [5, 5.41) is 10.9. The monoisotopic (exact) mass is 334 g/mol. The maximum atomic E-state index is 14.6. The molecule has 0 saturated carbocycles. The molecule has 1 N–H and O–H groups in total. The fraction of sp³-hybridized carbons (Fsp3) is 0.368. The van der Waals surface area contributed by atoms with Crippen molar-refractivity contribution in [2.24, 2.45) is 0 Å². The molecule has 24 heavy (non-hydrogen) atoms. The van der Waals surface area contributed by atoms with E-state index in [1.807, 2.05) is 6.92 Å². The van der Waals surface area contributed by atoms with Crippen LogP contribution >= 0.6 is 0 Å². The average Bonchev–Trinajstić information content (AvgIpc) is 2.97. The van der Waals surface area contributed by atoms with Crippen LogP contribution in [0.15, 0.2) is 28.7 Å². The van der Waals surface area contributed by atoms with Gasteiger partial charge in [-0.2, -0.15) is 4.39 Å². The summed E-state index contributed by atoms with van der Waals surface area (Å²) >= 11 is 0. The first kappa shape index (κ1) is 16.7. The van der Waals surface area contributed by atoms with Crippen LogP contribution < -0.4 is 4.74 Å². The molecular formula is C19H20F2O3. The molecule has 3 rings (SSSR count). The van der Waals surface area contributed by atoms with Crippen LogP contribution in [0.5, 0.6) is 5.75 Å². The highest BCUT2D eigenvalue weighted by molar-refractivity contribution is 6.05.